The Morgan fingerprint density at radius 1 is 1.14 bits per heavy atom. The average molecular weight is 425 g/mol. The molecule has 0 N–H and O–H groups in total. The predicted molar refractivity (Wildman–Crippen MR) is 113 cm³/mol. The summed E-state index contributed by atoms with van der Waals surface area (Å²) < 4.78 is 5.71. The Balaban J connectivity index is 1.43. The zero-order valence-electron chi connectivity index (χ0n) is 15.9. The van der Waals surface area contributed by atoms with Gasteiger partial charge in [0.1, 0.15) is 0 Å². The third kappa shape index (κ3) is 4.96. The summed E-state index contributed by atoms with van der Waals surface area (Å²) in [6.07, 6.45) is 0.735. The number of aromatic nitrogens is 3. The van der Waals surface area contributed by atoms with Crippen molar-refractivity contribution in [2.45, 2.75) is 32.9 Å². The molecule has 0 fully saturated rings. The fraction of sp³-hybridized carbons (Fsp3) is 0.238. The molecule has 1 aromatic carbocycles. The zero-order chi connectivity index (χ0) is 20.1. The summed E-state index contributed by atoms with van der Waals surface area (Å²) >= 11 is 3.15. The molecule has 4 rings (SSSR count). The Bertz CT molecular complexity index is 1060. The maximum Gasteiger partial charge on any atom is 0.248 e. The first-order chi connectivity index (χ1) is 14.2. The van der Waals surface area contributed by atoms with E-state index >= 15 is 0 Å². The van der Waals surface area contributed by atoms with Gasteiger partial charge in [-0.15, -0.1) is 21.5 Å². The van der Waals surface area contributed by atoms with Gasteiger partial charge in [0.15, 0.2) is 0 Å². The molecule has 0 aliphatic carbocycles. The van der Waals surface area contributed by atoms with Crippen molar-refractivity contribution in [3.8, 4) is 11.5 Å². The van der Waals surface area contributed by atoms with Crippen LogP contribution in [0, 0.1) is 6.92 Å². The fourth-order valence-electron chi connectivity index (χ4n) is 2.92. The predicted octanol–water partition coefficient (Wildman–Crippen LogP) is 4.72. The van der Waals surface area contributed by atoms with Crippen LogP contribution in [0.25, 0.3) is 11.5 Å². The van der Waals surface area contributed by atoms with Gasteiger partial charge in [0, 0.05) is 35.2 Å². The molecule has 0 spiro atoms. The lowest BCUT2D eigenvalue weighted by atomic mass is 10.2. The molecule has 148 valence electrons. The summed E-state index contributed by atoms with van der Waals surface area (Å²) in [6, 6.07) is 12.0. The number of benzene rings is 1. The van der Waals surface area contributed by atoms with E-state index in [4.69, 9.17) is 4.42 Å². The van der Waals surface area contributed by atoms with Gasteiger partial charge < -0.3 is 9.32 Å². The van der Waals surface area contributed by atoms with Crippen LogP contribution in [0.2, 0.25) is 0 Å². The van der Waals surface area contributed by atoms with E-state index in [2.05, 4.69) is 15.2 Å². The van der Waals surface area contributed by atoms with Gasteiger partial charge in [-0.2, -0.15) is 11.3 Å². The SMILES string of the molecule is Cc1ncsc1CN(Cc1ccccc1)C(=O)CCc1nnc(-c2ccsc2)o1. The molecule has 4 aromatic rings. The first kappa shape index (κ1) is 19.5. The first-order valence-electron chi connectivity index (χ1n) is 9.24. The van der Waals surface area contributed by atoms with E-state index in [0.29, 0.717) is 37.7 Å². The van der Waals surface area contributed by atoms with Crippen molar-refractivity contribution in [2.24, 2.45) is 0 Å². The number of amides is 1. The number of hydrogen-bond donors (Lipinski definition) is 0. The Morgan fingerprint density at radius 2 is 2.00 bits per heavy atom. The van der Waals surface area contributed by atoms with E-state index < -0.39 is 0 Å². The minimum Gasteiger partial charge on any atom is -0.421 e. The molecule has 0 saturated carbocycles. The van der Waals surface area contributed by atoms with E-state index in [-0.39, 0.29) is 5.91 Å². The summed E-state index contributed by atoms with van der Waals surface area (Å²) in [7, 11) is 0. The molecule has 0 atom stereocenters. The number of thiophene rings is 1. The van der Waals surface area contributed by atoms with Crippen LogP contribution in [0.5, 0.6) is 0 Å². The van der Waals surface area contributed by atoms with Crippen molar-refractivity contribution in [2.75, 3.05) is 0 Å². The molecular weight excluding hydrogens is 404 g/mol. The van der Waals surface area contributed by atoms with Crippen molar-refractivity contribution in [1.82, 2.24) is 20.1 Å². The van der Waals surface area contributed by atoms with E-state index in [1.807, 2.05) is 64.5 Å². The summed E-state index contributed by atoms with van der Waals surface area (Å²) in [5, 5.41) is 12.1. The van der Waals surface area contributed by atoms with Crippen molar-refractivity contribution < 1.29 is 9.21 Å². The van der Waals surface area contributed by atoms with E-state index in [9.17, 15) is 4.79 Å². The largest absolute Gasteiger partial charge is 0.421 e. The smallest absolute Gasteiger partial charge is 0.248 e. The quantitative estimate of drug-likeness (QED) is 0.409. The van der Waals surface area contributed by atoms with Crippen molar-refractivity contribution in [3.05, 3.63) is 74.7 Å². The second-order valence-corrected chi connectivity index (χ2v) is 8.33. The molecule has 3 aromatic heterocycles. The molecule has 0 aliphatic rings. The van der Waals surface area contributed by atoms with Crippen LogP contribution in [-0.4, -0.2) is 26.0 Å². The lowest BCUT2D eigenvalue weighted by Gasteiger charge is -2.22. The number of rotatable bonds is 8. The number of thiazole rings is 1. The number of aryl methyl sites for hydroxylation is 2. The van der Waals surface area contributed by atoms with Crippen molar-refractivity contribution >= 4 is 28.6 Å². The third-order valence-electron chi connectivity index (χ3n) is 4.54. The molecule has 8 heteroatoms. The molecule has 3 heterocycles. The van der Waals surface area contributed by atoms with Crippen LogP contribution < -0.4 is 0 Å². The Hall–Kier alpha value is -2.84. The van der Waals surface area contributed by atoms with Gasteiger partial charge in [-0.1, -0.05) is 30.3 Å². The highest BCUT2D eigenvalue weighted by atomic mass is 32.1. The Labute approximate surface area is 176 Å². The summed E-state index contributed by atoms with van der Waals surface area (Å²) in [6.45, 7) is 3.08. The fourth-order valence-corrected chi connectivity index (χ4v) is 4.34. The molecule has 0 unspecified atom stereocenters. The molecule has 0 radical (unpaired) electrons. The first-order valence-corrected chi connectivity index (χ1v) is 11.1. The molecule has 0 saturated heterocycles. The van der Waals surface area contributed by atoms with Crippen LogP contribution in [0.3, 0.4) is 0 Å². The highest BCUT2D eigenvalue weighted by Gasteiger charge is 2.18. The Kier molecular flexibility index (Phi) is 6.12. The molecule has 0 bridgehead atoms. The molecule has 6 nitrogen and oxygen atoms in total. The molecule has 1 amide bonds. The van der Waals surface area contributed by atoms with E-state index in [1.165, 1.54) is 0 Å². The minimum absolute atomic E-state index is 0.0527. The van der Waals surface area contributed by atoms with E-state index in [1.54, 1.807) is 22.7 Å². The monoisotopic (exact) mass is 424 g/mol. The van der Waals surface area contributed by atoms with Gasteiger partial charge >= 0.3 is 0 Å². The highest BCUT2D eigenvalue weighted by Crippen LogP contribution is 2.22. The van der Waals surface area contributed by atoms with Gasteiger partial charge in [0.2, 0.25) is 17.7 Å². The highest BCUT2D eigenvalue weighted by molar-refractivity contribution is 7.09. The summed E-state index contributed by atoms with van der Waals surface area (Å²) in [4.78, 5) is 20.3. The second-order valence-electron chi connectivity index (χ2n) is 6.61. The zero-order valence-corrected chi connectivity index (χ0v) is 17.6. The topological polar surface area (TPSA) is 72.1 Å². The standard InChI is InChI=1S/C21H20N4O2S2/c1-15-18(29-14-22-15)12-25(11-16-5-3-2-4-6-16)20(26)8-7-19-23-24-21(27-19)17-9-10-28-13-17/h2-6,9-10,13-14H,7-8,11-12H2,1H3. The maximum absolute atomic E-state index is 13.0. The van der Waals surface area contributed by atoms with Gasteiger partial charge in [0.05, 0.1) is 17.7 Å². The summed E-state index contributed by atoms with van der Waals surface area (Å²) in [5.74, 6) is 1.03. The second kappa shape index (κ2) is 9.11. The summed E-state index contributed by atoms with van der Waals surface area (Å²) in [5.41, 5.74) is 4.80. The van der Waals surface area contributed by atoms with Crippen LogP contribution in [0.15, 0.2) is 57.1 Å². The van der Waals surface area contributed by atoms with Gasteiger partial charge in [-0.05, 0) is 23.9 Å². The minimum atomic E-state index is 0.0527. The maximum atomic E-state index is 13.0. The Morgan fingerprint density at radius 3 is 2.72 bits per heavy atom. The molecule has 0 aliphatic heterocycles. The number of carbonyl (C=O) groups excluding carboxylic acids is 1. The van der Waals surface area contributed by atoms with Gasteiger partial charge in [-0.3, -0.25) is 4.79 Å². The third-order valence-corrected chi connectivity index (χ3v) is 6.14. The van der Waals surface area contributed by atoms with Gasteiger partial charge in [0.25, 0.3) is 0 Å². The average Bonchev–Trinajstić information content (AvgIpc) is 3.49. The van der Waals surface area contributed by atoms with Gasteiger partial charge in [-0.25, -0.2) is 4.98 Å². The lowest BCUT2D eigenvalue weighted by molar-refractivity contribution is -0.132. The van der Waals surface area contributed by atoms with Crippen molar-refractivity contribution in [1.29, 1.82) is 0 Å². The number of carbonyl (C=O) groups is 1. The van der Waals surface area contributed by atoms with Crippen LogP contribution in [-0.2, 0) is 24.3 Å². The molecular formula is C21H20N4O2S2. The van der Waals surface area contributed by atoms with Crippen molar-refractivity contribution in [3.63, 3.8) is 0 Å². The normalized spacial score (nSPS) is 10.9. The van der Waals surface area contributed by atoms with Crippen LogP contribution >= 0.6 is 22.7 Å². The number of nitrogens with zero attached hydrogens (tertiary/aromatic N) is 4. The lowest BCUT2D eigenvalue weighted by Crippen LogP contribution is -2.30. The number of hydrogen-bond acceptors (Lipinski definition) is 7. The van der Waals surface area contributed by atoms with Crippen LogP contribution in [0.1, 0.15) is 28.4 Å². The van der Waals surface area contributed by atoms with E-state index in [0.717, 1.165) is 21.7 Å². The molecule has 29 heavy (non-hydrogen) atoms. The van der Waals surface area contributed by atoms with Crippen LogP contribution in [0.4, 0.5) is 0 Å².